The molecule has 0 bridgehead atoms. The van der Waals surface area contributed by atoms with Crippen LogP contribution in [0.1, 0.15) is 78.4 Å². The summed E-state index contributed by atoms with van der Waals surface area (Å²) in [6.07, 6.45) is 3.42. The minimum absolute atomic E-state index is 0.0125. The van der Waals surface area contributed by atoms with Gasteiger partial charge in [0.25, 0.3) is 0 Å². The fraction of sp³-hybridized carbons (Fsp3) is 0.677. The van der Waals surface area contributed by atoms with Crippen molar-refractivity contribution in [1.29, 1.82) is 0 Å². The minimum Gasteiger partial charge on any atom is -0.351 e. The predicted molar refractivity (Wildman–Crippen MR) is 173 cm³/mol. The van der Waals surface area contributed by atoms with Gasteiger partial charge in [-0.15, -0.1) is 0 Å². The monoisotopic (exact) mass is 608 g/mol. The van der Waals surface area contributed by atoms with Crippen molar-refractivity contribution in [1.82, 2.24) is 21.3 Å². The molecular formula is C31H52N4O4S2. The van der Waals surface area contributed by atoms with Crippen LogP contribution in [0.3, 0.4) is 0 Å². The van der Waals surface area contributed by atoms with Crippen LogP contribution < -0.4 is 21.3 Å². The number of hydrogen-bond donors (Lipinski definition) is 4. The van der Waals surface area contributed by atoms with Crippen LogP contribution >= 0.6 is 23.5 Å². The van der Waals surface area contributed by atoms with E-state index in [-0.39, 0.29) is 35.7 Å². The van der Waals surface area contributed by atoms with E-state index in [1.54, 1.807) is 37.5 Å². The highest BCUT2D eigenvalue weighted by Gasteiger charge is 2.29. The first-order valence-corrected chi connectivity index (χ1v) is 17.1. The summed E-state index contributed by atoms with van der Waals surface area (Å²) in [6, 6.07) is 7.13. The molecule has 0 aliphatic carbocycles. The van der Waals surface area contributed by atoms with Gasteiger partial charge in [0.15, 0.2) is 0 Å². The first kappa shape index (κ1) is 37.0. The fourth-order valence-corrected chi connectivity index (χ4v) is 6.20. The standard InChI is InChI=1S/C31H52N4O4S2/c1-8-22(5)29(35-30(38)27(32-7)15-21(3)4)31(39)34-26(9-2)20-41-19-25-12-10-11-24(16-25)18-40-14-13-28(37)33-23(6)17-36/h10-12,16-17,21-23,26-27,29,32H,8-9,13-15,18-20H2,1-7H3,(H,33,37)(H,34,39)(H,35,38)/t22-,23-,26+,27-,29-/m0/s1. The molecule has 0 spiro atoms. The first-order valence-electron chi connectivity index (χ1n) is 14.8. The summed E-state index contributed by atoms with van der Waals surface area (Å²) in [5, 5.41) is 11.9. The van der Waals surface area contributed by atoms with Crippen LogP contribution in [0.2, 0.25) is 0 Å². The third-order valence-electron chi connectivity index (χ3n) is 6.92. The highest BCUT2D eigenvalue weighted by Crippen LogP contribution is 2.19. The van der Waals surface area contributed by atoms with E-state index in [4.69, 9.17) is 0 Å². The number of carbonyl (C=O) groups is 4. The molecule has 0 fully saturated rings. The highest BCUT2D eigenvalue weighted by atomic mass is 32.2. The lowest BCUT2D eigenvalue weighted by Gasteiger charge is -2.28. The molecule has 5 atom stereocenters. The lowest BCUT2D eigenvalue weighted by atomic mass is 9.96. The smallest absolute Gasteiger partial charge is 0.243 e. The van der Waals surface area contributed by atoms with Crippen molar-refractivity contribution in [2.45, 2.75) is 103 Å². The number of nitrogens with one attached hydrogen (secondary N) is 4. The van der Waals surface area contributed by atoms with Crippen LogP contribution in [0.25, 0.3) is 0 Å². The average Bonchev–Trinajstić information content (AvgIpc) is 2.95. The van der Waals surface area contributed by atoms with E-state index in [2.05, 4.69) is 66.3 Å². The summed E-state index contributed by atoms with van der Waals surface area (Å²) in [7, 11) is 1.78. The quantitative estimate of drug-likeness (QED) is 0.121. The first-order chi connectivity index (χ1) is 19.5. The van der Waals surface area contributed by atoms with Crippen molar-refractivity contribution >= 4 is 47.5 Å². The van der Waals surface area contributed by atoms with Crippen LogP contribution in [0.15, 0.2) is 24.3 Å². The molecule has 232 valence electrons. The van der Waals surface area contributed by atoms with Gasteiger partial charge in [0, 0.05) is 35.5 Å². The molecule has 3 amide bonds. The number of rotatable bonds is 21. The topological polar surface area (TPSA) is 116 Å². The van der Waals surface area contributed by atoms with Gasteiger partial charge in [0.05, 0.1) is 12.1 Å². The van der Waals surface area contributed by atoms with Crippen molar-refractivity contribution in [3.63, 3.8) is 0 Å². The van der Waals surface area contributed by atoms with Crippen molar-refractivity contribution in [2.24, 2.45) is 11.8 Å². The van der Waals surface area contributed by atoms with Crippen molar-refractivity contribution < 1.29 is 19.2 Å². The van der Waals surface area contributed by atoms with Crippen LogP contribution in [-0.4, -0.2) is 66.7 Å². The number of likely N-dealkylation sites (N-methyl/N-ethyl adjacent to an activating group) is 1. The van der Waals surface area contributed by atoms with Gasteiger partial charge in [0.1, 0.15) is 12.3 Å². The zero-order valence-corrected chi connectivity index (χ0v) is 27.6. The number of hydrogen-bond acceptors (Lipinski definition) is 7. The van der Waals surface area contributed by atoms with E-state index in [1.807, 2.05) is 13.8 Å². The van der Waals surface area contributed by atoms with E-state index < -0.39 is 12.1 Å². The Morgan fingerprint density at radius 3 is 2.12 bits per heavy atom. The summed E-state index contributed by atoms with van der Waals surface area (Å²) in [5.41, 5.74) is 2.43. The number of thioether (sulfide) groups is 2. The maximum absolute atomic E-state index is 13.3. The second-order valence-electron chi connectivity index (χ2n) is 11.1. The fourth-order valence-electron chi connectivity index (χ4n) is 4.18. The zero-order chi connectivity index (χ0) is 30.8. The molecule has 0 radical (unpaired) electrons. The van der Waals surface area contributed by atoms with Gasteiger partial charge in [-0.25, -0.2) is 0 Å². The molecule has 0 aromatic heterocycles. The van der Waals surface area contributed by atoms with Crippen LogP contribution in [0, 0.1) is 11.8 Å². The summed E-state index contributed by atoms with van der Waals surface area (Å²) in [6.45, 7) is 11.9. The van der Waals surface area contributed by atoms with E-state index in [9.17, 15) is 19.2 Å². The van der Waals surface area contributed by atoms with Crippen molar-refractivity contribution in [2.75, 3.05) is 18.6 Å². The van der Waals surface area contributed by atoms with Crippen LogP contribution in [-0.2, 0) is 30.7 Å². The van der Waals surface area contributed by atoms with Gasteiger partial charge in [0.2, 0.25) is 17.7 Å². The Bertz CT molecular complexity index is 946. The number of amides is 3. The van der Waals surface area contributed by atoms with Gasteiger partial charge in [-0.05, 0) is 49.8 Å². The molecule has 41 heavy (non-hydrogen) atoms. The average molecular weight is 609 g/mol. The third kappa shape index (κ3) is 15.1. The van der Waals surface area contributed by atoms with E-state index in [0.717, 1.165) is 36.4 Å². The second-order valence-corrected chi connectivity index (χ2v) is 13.2. The maximum atomic E-state index is 13.3. The van der Waals surface area contributed by atoms with Gasteiger partial charge in [-0.3, -0.25) is 14.4 Å². The molecule has 0 unspecified atom stereocenters. The highest BCUT2D eigenvalue weighted by molar-refractivity contribution is 7.98. The number of benzene rings is 1. The molecule has 4 N–H and O–H groups in total. The van der Waals surface area contributed by atoms with Gasteiger partial charge >= 0.3 is 0 Å². The van der Waals surface area contributed by atoms with Gasteiger partial charge < -0.3 is 26.1 Å². The second kappa shape index (κ2) is 20.8. The Morgan fingerprint density at radius 1 is 0.902 bits per heavy atom. The summed E-state index contributed by atoms with van der Waals surface area (Å²) in [5.74, 6) is 3.17. The maximum Gasteiger partial charge on any atom is 0.243 e. The summed E-state index contributed by atoms with van der Waals surface area (Å²) < 4.78 is 0. The third-order valence-corrected chi connectivity index (χ3v) is 9.12. The zero-order valence-electron chi connectivity index (χ0n) is 26.0. The molecule has 1 rings (SSSR count). The normalized spacial score (nSPS) is 14.9. The Balaban J connectivity index is 2.59. The SMILES string of the molecule is CC[C@H](CSCc1cccc(CSCCC(=O)N[C@@H](C)C=O)c1)NC(=O)[C@@H](NC(=O)[C@H](CC(C)C)NC)[C@@H](C)CC. The van der Waals surface area contributed by atoms with E-state index >= 15 is 0 Å². The molecule has 10 heteroatoms. The largest absolute Gasteiger partial charge is 0.351 e. The van der Waals surface area contributed by atoms with E-state index in [0.29, 0.717) is 24.5 Å². The van der Waals surface area contributed by atoms with Gasteiger partial charge in [-0.2, -0.15) is 23.5 Å². The van der Waals surface area contributed by atoms with Crippen molar-refractivity contribution in [3.05, 3.63) is 35.4 Å². The molecule has 0 heterocycles. The Hall–Kier alpha value is -2.04. The molecule has 8 nitrogen and oxygen atoms in total. The Labute approximate surface area is 256 Å². The molecule has 0 saturated carbocycles. The summed E-state index contributed by atoms with van der Waals surface area (Å²) >= 11 is 3.48. The molecule has 1 aromatic carbocycles. The molecule has 0 aliphatic rings. The van der Waals surface area contributed by atoms with Crippen LogP contribution in [0.5, 0.6) is 0 Å². The minimum atomic E-state index is -0.566. The van der Waals surface area contributed by atoms with Crippen LogP contribution in [0.4, 0.5) is 0 Å². The number of aldehydes is 1. The predicted octanol–water partition coefficient (Wildman–Crippen LogP) is 4.31. The van der Waals surface area contributed by atoms with Gasteiger partial charge in [-0.1, -0.05) is 65.3 Å². The lowest BCUT2D eigenvalue weighted by Crippen LogP contribution is -2.56. The van der Waals surface area contributed by atoms with Crippen molar-refractivity contribution in [3.8, 4) is 0 Å². The lowest BCUT2D eigenvalue weighted by molar-refractivity contribution is -0.131. The molecule has 1 aromatic rings. The Morgan fingerprint density at radius 2 is 1.56 bits per heavy atom. The summed E-state index contributed by atoms with van der Waals surface area (Å²) in [4.78, 5) is 48.7. The molecule has 0 aliphatic heterocycles. The molecular weight excluding hydrogens is 556 g/mol. The number of carbonyl (C=O) groups excluding carboxylic acids is 4. The molecule has 0 saturated heterocycles. The van der Waals surface area contributed by atoms with E-state index in [1.165, 1.54) is 11.1 Å². The Kier molecular flexibility index (Phi) is 18.7.